The van der Waals surface area contributed by atoms with Crippen molar-refractivity contribution in [3.63, 3.8) is 0 Å². The maximum absolute atomic E-state index is 14.2. The van der Waals surface area contributed by atoms with Crippen LogP contribution in [-0.4, -0.2) is 63.4 Å². The van der Waals surface area contributed by atoms with Crippen LogP contribution in [0.25, 0.3) is 11.0 Å². The summed E-state index contributed by atoms with van der Waals surface area (Å²) in [5.74, 6) is 1.74. The number of benzene rings is 2. The molecule has 1 N–H and O–H groups in total. The number of carboxylic acid groups (broad SMARTS) is 1. The van der Waals surface area contributed by atoms with Gasteiger partial charge in [0.15, 0.2) is 0 Å². The van der Waals surface area contributed by atoms with Gasteiger partial charge in [-0.1, -0.05) is 23.7 Å². The van der Waals surface area contributed by atoms with E-state index in [1.165, 1.54) is 19.2 Å². The van der Waals surface area contributed by atoms with E-state index in [2.05, 4.69) is 16.4 Å². The normalized spacial score (nSPS) is 22.8. The molecule has 43 heavy (non-hydrogen) atoms. The van der Waals surface area contributed by atoms with Crippen molar-refractivity contribution in [3.05, 3.63) is 81.5 Å². The van der Waals surface area contributed by atoms with Crippen molar-refractivity contribution in [3.8, 4) is 11.6 Å². The Hall–Kier alpha value is -3.73. The van der Waals surface area contributed by atoms with E-state index in [1.807, 2.05) is 12.1 Å². The molecule has 2 aromatic carbocycles. The van der Waals surface area contributed by atoms with Crippen molar-refractivity contribution in [1.29, 1.82) is 0 Å². The highest BCUT2D eigenvalue weighted by Gasteiger charge is 2.57. The third-order valence-electron chi connectivity index (χ3n) is 9.00. The zero-order valence-corrected chi connectivity index (χ0v) is 24.7. The van der Waals surface area contributed by atoms with Gasteiger partial charge in [0, 0.05) is 42.3 Å². The number of likely N-dealkylation sites (tertiary alicyclic amines) is 1. The van der Waals surface area contributed by atoms with Gasteiger partial charge < -0.3 is 23.9 Å². The van der Waals surface area contributed by atoms with Gasteiger partial charge in [-0.3, -0.25) is 4.90 Å². The number of hydrogen-bond donors (Lipinski definition) is 1. The van der Waals surface area contributed by atoms with Crippen LogP contribution < -0.4 is 9.47 Å². The van der Waals surface area contributed by atoms with Crippen molar-refractivity contribution in [2.24, 2.45) is 11.8 Å². The van der Waals surface area contributed by atoms with E-state index < -0.39 is 11.8 Å². The molecule has 7 rings (SSSR count). The first-order chi connectivity index (χ1) is 20.8. The van der Waals surface area contributed by atoms with Crippen molar-refractivity contribution < 1.29 is 28.5 Å². The lowest BCUT2D eigenvalue weighted by Gasteiger charge is -2.28. The number of hydrogen-bond acceptors (Lipinski definition) is 7. The molecule has 0 radical (unpaired) electrons. The van der Waals surface area contributed by atoms with Gasteiger partial charge in [-0.15, -0.1) is 0 Å². The summed E-state index contributed by atoms with van der Waals surface area (Å²) in [6.07, 6.45) is 1.06. The Kier molecular flexibility index (Phi) is 7.23. The van der Waals surface area contributed by atoms with Gasteiger partial charge in [-0.05, 0) is 55.0 Å². The van der Waals surface area contributed by atoms with E-state index in [0.29, 0.717) is 58.6 Å². The lowest BCUT2D eigenvalue weighted by atomic mass is 10.1. The Bertz CT molecular complexity index is 1710. The van der Waals surface area contributed by atoms with Crippen LogP contribution >= 0.6 is 11.6 Å². The van der Waals surface area contributed by atoms with E-state index >= 15 is 0 Å². The second-order valence-corrected chi connectivity index (χ2v) is 12.1. The largest absolute Gasteiger partial charge is 0.494 e. The minimum absolute atomic E-state index is 0.0788. The summed E-state index contributed by atoms with van der Waals surface area (Å²) in [5.41, 5.74) is 4.19. The lowest BCUT2D eigenvalue weighted by Crippen LogP contribution is -2.33. The molecule has 3 fully saturated rings. The number of methoxy groups -OCH3 is 1. The molecule has 2 saturated heterocycles. The highest BCUT2D eigenvalue weighted by atomic mass is 35.5. The van der Waals surface area contributed by atoms with Crippen LogP contribution in [0.2, 0.25) is 5.02 Å². The van der Waals surface area contributed by atoms with E-state index in [1.54, 1.807) is 18.2 Å². The molecule has 224 valence electrons. The second kappa shape index (κ2) is 11.1. The molecule has 0 unspecified atom stereocenters. The minimum atomic E-state index is -1.00. The van der Waals surface area contributed by atoms with E-state index in [-0.39, 0.29) is 18.3 Å². The molecular weight excluding hydrogens is 575 g/mol. The molecule has 1 aliphatic carbocycles. The number of piperidine rings is 1. The molecule has 0 bridgehead atoms. The van der Waals surface area contributed by atoms with Gasteiger partial charge >= 0.3 is 5.97 Å². The highest BCUT2D eigenvalue weighted by Crippen LogP contribution is 2.58. The molecule has 1 saturated carbocycles. The first kappa shape index (κ1) is 28.1. The summed E-state index contributed by atoms with van der Waals surface area (Å²) in [7, 11) is 1.54. The van der Waals surface area contributed by atoms with Crippen LogP contribution in [0.5, 0.6) is 11.6 Å². The topological polar surface area (TPSA) is 98.9 Å². The molecule has 0 spiro atoms. The predicted molar refractivity (Wildman–Crippen MR) is 157 cm³/mol. The predicted octanol–water partition coefficient (Wildman–Crippen LogP) is 5.45. The number of fused-ring (bicyclic) bond motifs is 2. The van der Waals surface area contributed by atoms with Gasteiger partial charge in [0.05, 0.1) is 43.1 Å². The molecule has 9 nitrogen and oxygen atoms in total. The van der Waals surface area contributed by atoms with Crippen molar-refractivity contribution in [1.82, 2.24) is 19.4 Å². The fraction of sp³-hybridized carbons (Fsp3) is 0.406. The number of halogens is 2. The quantitative estimate of drug-likeness (QED) is 0.254. The third kappa shape index (κ3) is 5.32. The smallest absolute Gasteiger partial charge is 0.335 e. The summed E-state index contributed by atoms with van der Waals surface area (Å²) in [4.78, 5) is 24.0. The summed E-state index contributed by atoms with van der Waals surface area (Å²) >= 11 is 5.87. The number of carboxylic acids is 1. The minimum Gasteiger partial charge on any atom is -0.494 e. The molecule has 4 heterocycles. The molecule has 11 heteroatoms. The van der Waals surface area contributed by atoms with Crippen LogP contribution in [0, 0.1) is 24.6 Å². The van der Waals surface area contributed by atoms with Crippen molar-refractivity contribution in [2.45, 2.75) is 45.1 Å². The molecular formula is C32H32ClFN4O5. The van der Waals surface area contributed by atoms with Crippen LogP contribution in [0.3, 0.4) is 0 Å². The Labute approximate surface area is 253 Å². The number of rotatable bonds is 10. The highest BCUT2D eigenvalue weighted by molar-refractivity contribution is 6.30. The molecule has 0 amide bonds. The van der Waals surface area contributed by atoms with Crippen LogP contribution in [0.1, 0.15) is 45.3 Å². The van der Waals surface area contributed by atoms with E-state index in [9.17, 15) is 14.3 Å². The van der Waals surface area contributed by atoms with Gasteiger partial charge in [-0.2, -0.15) is 0 Å². The summed E-state index contributed by atoms with van der Waals surface area (Å²) < 4.78 is 33.4. The average molecular weight is 607 g/mol. The van der Waals surface area contributed by atoms with Gasteiger partial charge in [0.1, 0.15) is 29.5 Å². The zero-order chi connectivity index (χ0) is 29.8. The number of aromatic nitrogens is 3. The fourth-order valence-electron chi connectivity index (χ4n) is 6.56. The fourth-order valence-corrected chi connectivity index (χ4v) is 6.72. The first-order valence-electron chi connectivity index (χ1n) is 14.5. The molecule has 4 aromatic rings. The maximum atomic E-state index is 14.2. The second-order valence-electron chi connectivity index (χ2n) is 11.7. The standard InChI is InChI=1S/C32H32ClFN4O5/c1-17-3-6-28(43-16-18-4-5-20(33)11-24(18)34)36-30(17)29-22-13-37(14-23(22)29)15-27-35-31-25(38(27)12-21-7-8-42-21)9-19(32(39)40)10-26(31)41-2/h3-6,9-11,21-23,29H,7-8,12-16H2,1-2H3,(H,39,40)/t21-,22-,23+,29+/m0/s1. The number of aryl methyl sites for hydroxylation is 1. The summed E-state index contributed by atoms with van der Waals surface area (Å²) in [6.45, 7) is 5.99. The first-order valence-corrected chi connectivity index (χ1v) is 14.9. The number of aromatic carboxylic acids is 1. The van der Waals surface area contributed by atoms with Crippen LogP contribution in [-0.2, 0) is 24.4 Å². The third-order valence-corrected chi connectivity index (χ3v) is 9.23. The summed E-state index contributed by atoms with van der Waals surface area (Å²) in [6, 6.07) is 11.6. The zero-order valence-electron chi connectivity index (χ0n) is 23.9. The number of nitrogens with zero attached hydrogens (tertiary/aromatic N) is 4. The lowest BCUT2D eigenvalue weighted by molar-refractivity contribution is -0.0591. The summed E-state index contributed by atoms with van der Waals surface area (Å²) in [5, 5.41) is 10.0. The molecule has 2 aromatic heterocycles. The Morgan fingerprint density at radius 1 is 1.16 bits per heavy atom. The van der Waals surface area contributed by atoms with Gasteiger partial charge in [-0.25, -0.2) is 19.2 Å². The number of pyridine rings is 1. The number of ether oxygens (including phenoxy) is 3. The van der Waals surface area contributed by atoms with Gasteiger partial charge in [0.25, 0.3) is 0 Å². The Balaban J connectivity index is 1.06. The monoisotopic (exact) mass is 606 g/mol. The number of carbonyl (C=O) groups is 1. The van der Waals surface area contributed by atoms with Crippen LogP contribution in [0.4, 0.5) is 4.39 Å². The molecule has 3 aliphatic rings. The number of imidazole rings is 1. The molecule has 4 atom stereocenters. The van der Waals surface area contributed by atoms with E-state index in [4.69, 9.17) is 35.8 Å². The average Bonchev–Trinajstić information content (AvgIpc) is 3.27. The Morgan fingerprint density at radius 3 is 2.63 bits per heavy atom. The van der Waals surface area contributed by atoms with Crippen molar-refractivity contribution >= 4 is 28.6 Å². The van der Waals surface area contributed by atoms with Crippen LogP contribution in [0.15, 0.2) is 42.5 Å². The Morgan fingerprint density at radius 2 is 1.95 bits per heavy atom. The molecule has 2 aliphatic heterocycles. The van der Waals surface area contributed by atoms with Gasteiger partial charge in [0.2, 0.25) is 5.88 Å². The van der Waals surface area contributed by atoms with Crippen molar-refractivity contribution in [2.75, 3.05) is 26.8 Å². The maximum Gasteiger partial charge on any atom is 0.335 e. The SMILES string of the molecule is COc1cc(C(=O)O)cc2c1nc(CN1C[C@@H]3[C@H](C1)[C@H]3c1nc(OCc3ccc(Cl)cc3F)ccc1C)n2C[C@@H]1CCO1. The van der Waals surface area contributed by atoms with E-state index in [0.717, 1.165) is 48.7 Å².